The largest absolute Gasteiger partial charge is 0.497 e. The van der Waals surface area contributed by atoms with Crippen LogP contribution < -0.4 is 14.4 Å². The van der Waals surface area contributed by atoms with Gasteiger partial charge in [0.25, 0.3) is 10.0 Å². The summed E-state index contributed by atoms with van der Waals surface area (Å²) < 4.78 is 33.3. The van der Waals surface area contributed by atoms with Crippen molar-refractivity contribution in [3.63, 3.8) is 0 Å². The highest BCUT2D eigenvalue weighted by atomic mass is 32.2. The number of hydrogen-bond donors (Lipinski definition) is 1. The summed E-state index contributed by atoms with van der Waals surface area (Å²) in [5.74, 6) is 0.567. The zero-order valence-electron chi connectivity index (χ0n) is 18.7. The first-order valence-electron chi connectivity index (χ1n) is 11.3. The molecule has 33 heavy (non-hydrogen) atoms. The maximum absolute atomic E-state index is 12.8. The Morgan fingerprint density at radius 3 is 2.33 bits per heavy atom. The average molecular weight is 472 g/mol. The Morgan fingerprint density at radius 2 is 1.64 bits per heavy atom. The van der Waals surface area contributed by atoms with E-state index in [9.17, 15) is 18.0 Å². The Hall–Kier alpha value is -3.07. The maximum Gasteiger partial charge on any atom is 0.261 e. The molecule has 1 N–H and O–H groups in total. The Labute approximate surface area is 194 Å². The molecule has 2 heterocycles. The third-order valence-electron chi connectivity index (χ3n) is 6.16. The van der Waals surface area contributed by atoms with E-state index in [-0.39, 0.29) is 29.6 Å². The summed E-state index contributed by atoms with van der Waals surface area (Å²) >= 11 is 0. The third-order valence-corrected chi connectivity index (χ3v) is 7.54. The van der Waals surface area contributed by atoms with Gasteiger partial charge in [-0.05, 0) is 73.7 Å². The number of piperidine rings is 1. The van der Waals surface area contributed by atoms with Crippen molar-refractivity contribution in [2.75, 3.05) is 36.4 Å². The highest BCUT2D eigenvalue weighted by Crippen LogP contribution is 2.31. The van der Waals surface area contributed by atoms with Gasteiger partial charge < -0.3 is 14.5 Å². The fourth-order valence-corrected chi connectivity index (χ4v) is 5.44. The van der Waals surface area contributed by atoms with Crippen LogP contribution in [0.15, 0.2) is 47.4 Å². The van der Waals surface area contributed by atoms with Gasteiger partial charge in [-0.2, -0.15) is 0 Å². The number of fused-ring (bicyclic) bond motifs is 1. The van der Waals surface area contributed by atoms with Crippen LogP contribution in [0.25, 0.3) is 0 Å². The number of carbonyl (C=O) groups excluding carboxylic acids is 2. The molecule has 176 valence electrons. The first-order valence-corrected chi connectivity index (χ1v) is 12.7. The number of nitrogens with one attached hydrogen (secondary N) is 1. The number of carbonyl (C=O) groups is 2. The molecule has 1 fully saturated rings. The second-order valence-corrected chi connectivity index (χ2v) is 10.0. The van der Waals surface area contributed by atoms with Crippen molar-refractivity contribution in [3.05, 3.63) is 48.0 Å². The lowest BCUT2D eigenvalue weighted by Crippen LogP contribution is -2.37. The minimum Gasteiger partial charge on any atom is -0.497 e. The second kappa shape index (κ2) is 9.82. The van der Waals surface area contributed by atoms with Gasteiger partial charge >= 0.3 is 0 Å². The van der Waals surface area contributed by atoms with Crippen LogP contribution in [0, 0.1) is 0 Å². The van der Waals surface area contributed by atoms with Crippen molar-refractivity contribution in [1.82, 2.24) is 4.90 Å². The molecule has 0 unspecified atom stereocenters. The molecule has 2 aliphatic rings. The molecule has 9 heteroatoms. The molecule has 0 atom stereocenters. The molecule has 2 aromatic rings. The number of nitrogens with zero attached hydrogens (tertiary/aromatic N) is 2. The van der Waals surface area contributed by atoms with Crippen molar-refractivity contribution < 1.29 is 22.7 Å². The minimum atomic E-state index is -3.77. The highest BCUT2D eigenvalue weighted by molar-refractivity contribution is 7.92. The normalized spacial score (nSPS) is 15.8. The number of rotatable bonds is 7. The number of ether oxygens (including phenoxy) is 1. The van der Waals surface area contributed by atoms with E-state index in [2.05, 4.69) is 4.72 Å². The van der Waals surface area contributed by atoms with Gasteiger partial charge in [-0.15, -0.1) is 0 Å². The number of methoxy groups -OCH3 is 1. The predicted octanol–water partition coefficient (Wildman–Crippen LogP) is 3.18. The number of hydrogen-bond acceptors (Lipinski definition) is 5. The van der Waals surface area contributed by atoms with E-state index in [1.165, 1.54) is 6.07 Å². The number of amides is 2. The van der Waals surface area contributed by atoms with E-state index in [0.717, 1.165) is 37.9 Å². The van der Waals surface area contributed by atoms with Crippen molar-refractivity contribution >= 4 is 33.2 Å². The van der Waals surface area contributed by atoms with Crippen LogP contribution in [-0.4, -0.2) is 51.9 Å². The monoisotopic (exact) mass is 471 g/mol. The number of anilines is 2. The van der Waals surface area contributed by atoms with Crippen molar-refractivity contribution in [3.8, 4) is 5.75 Å². The number of likely N-dealkylation sites (tertiary alicyclic amines) is 1. The Morgan fingerprint density at radius 1 is 0.939 bits per heavy atom. The fourth-order valence-electron chi connectivity index (χ4n) is 4.33. The summed E-state index contributed by atoms with van der Waals surface area (Å²) in [7, 11) is -2.22. The molecule has 0 saturated carbocycles. The van der Waals surface area contributed by atoms with Crippen LogP contribution in [0.5, 0.6) is 5.75 Å². The quantitative estimate of drug-likeness (QED) is 0.669. The van der Waals surface area contributed by atoms with Crippen molar-refractivity contribution in [2.24, 2.45) is 0 Å². The second-order valence-electron chi connectivity index (χ2n) is 8.36. The van der Waals surface area contributed by atoms with Gasteiger partial charge in [-0.3, -0.25) is 14.3 Å². The topological polar surface area (TPSA) is 96.0 Å². The predicted molar refractivity (Wildman–Crippen MR) is 126 cm³/mol. The van der Waals surface area contributed by atoms with Crippen molar-refractivity contribution in [1.29, 1.82) is 0 Å². The lowest BCUT2D eigenvalue weighted by molar-refractivity contribution is -0.133. The van der Waals surface area contributed by atoms with E-state index in [0.29, 0.717) is 30.1 Å². The van der Waals surface area contributed by atoms with Crippen molar-refractivity contribution in [2.45, 2.75) is 43.4 Å². The maximum atomic E-state index is 12.8. The van der Waals surface area contributed by atoms with E-state index in [1.807, 2.05) is 4.90 Å². The van der Waals surface area contributed by atoms with Crippen LogP contribution in [0.1, 0.15) is 37.7 Å². The molecular formula is C24H29N3O5S. The molecule has 4 rings (SSSR count). The van der Waals surface area contributed by atoms with E-state index < -0.39 is 10.0 Å². The van der Waals surface area contributed by atoms with Gasteiger partial charge in [0.05, 0.1) is 12.0 Å². The molecule has 0 bridgehead atoms. The van der Waals surface area contributed by atoms with Gasteiger partial charge in [0.1, 0.15) is 5.75 Å². The summed E-state index contributed by atoms with van der Waals surface area (Å²) in [6.45, 7) is 2.05. The van der Waals surface area contributed by atoms with E-state index in [4.69, 9.17) is 4.74 Å². The summed E-state index contributed by atoms with van der Waals surface area (Å²) in [6, 6.07) is 11.4. The number of benzene rings is 2. The molecule has 0 radical (unpaired) electrons. The Kier molecular flexibility index (Phi) is 6.88. The molecule has 2 aromatic carbocycles. The van der Waals surface area contributed by atoms with Crippen LogP contribution >= 0.6 is 0 Å². The summed E-state index contributed by atoms with van der Waals surface area (Å²) in [4.78, 5) is 28.8. The lowest BCUT2D eigenvalue weighted by atomic mass is 10.1. The fraction of sp³-hybridized carbons (Fsp3) is 0.417. The third kappa shape index (κ3) is 5.30. The van der Waals surface area contributed by atoms with Gasteiger partial charge in [0.15, 0.2) is 0 Å². The first kappa shape index (κ1) is 23.1. The van der Waals surface area contributed by atoms with Gasteiger partial charge in [-0.25, -0.2) is 8.42 Å². The lowest BCUT2D eigenvalue weighted by Gasteiger charge is -2.27. The molecule has 0 aromatic heterocycles. The molecule has 8 nitrogen and oxygen atoms in total. The molecular weight excluding hydrogens is 442 g/mol. The molecule has 0 spiro atoms. The molecule has 0 aliphatic carbocycles. The van der Waals surface area contributed by atoms with Crippen LogP contribution in [-0.2, 0) is 26.0 Å². The zero-order chi connectivity index (χ0) is 23.4. The highest BCUT2D eigenvalue weighted by Gasteiger charge is 2.27. The van der Waals surface area contributed by atoms with Crippen LogP contribution in [0.3, 0.4) is 0 Å². The van der Waals surface area contributed by atoms with Gasteiger partial charge in [0, 0.05) is 43.9 Å². The number of sulfonamides is 1. The smallest absolute Gasteiger partial charge is 0.261 e. The molecule has 2 amide bonds. The minimum absolute atomic E-state index is 0.0357. The van der Waals surface area contributed by atoms with E-state index in [1.54, 1.807) is 48.4 Å². The Bertz CT molecular complexity index is 1130. The first-order chi connectivity index (χ1) is 15.9. The standard InChI is InChI=1S/C24H29N3O5S/c1-32-20-7-5-19(6-8-20)25-33(30,31)21-9-10-22-18(17-21)13-16-27(22)24(29)12-11-23(28)26-14-3-2-4-15-26/h5-10,17,25H,2-4,11-16H2,1H3. The van der Waals surface area contributed by atoms with Crippen LogP contribution in [0.2, 0.25) is 0 Å². The molecule has 2 aliphatic heterocycles. The van der Waals surface area contributed by atoms with Gasteiger partial charge in [-0.1, -0.05) is 0 Å². The van der Waals surface area contributed by atoms with Gasteiger partial charge in [0.2, 0.25) is 11.8 Å². The van der Waals surface area contributed by atoms with E-state index >= 15 is 0 Å². The SMILES string of the molecule is COc1ccc(NS(=O)(=O)c2ccc3c(c2)CCN3C(=O)CCC(=O)N2CCCCC2)cc1. The van der Waals surface area contributed by atoms with Crippen LogP contribution in [0.4, 0.5) is 11.4 Å². The summed E-state index contributed by atoms with van der Waals surface area (Å²) in [5, 5.41) is 0. The molecule has 1 saturated heterocycles. The average Bonchev–Trinajstić information content (AvgIpc) is 3.26. The zero-order valence-corrected chi connectivity index (χ0v) is 19.6. The Balaban J connectivity index is 1.40. The summed E-state index contributed by atoms with van der Waals surface area (Å²) in [5.41, 5.74) is 1.96. The summed E-state index contributed by atoms with van der Waals surface area (Å²) in [6.07, 6.45) is 4.15.